The first-order valence-corrected chi connectivity index (χ1v) is 6.10. The number of carbonyl (C=O) groups is 1. The first-order chi connectivity index (χ1) is 8.11. The first-order valence-electron chi connectivity index (χ1n) is 4.93. The van der Waals surface area contributed by atoms with Crippen LogP contribution in [0.2, 0.25) is 5.15 Å². The van der Waals surface area contributed by atoms with Crippen molar-refractivity contribution in [1.82, 2.24) is 14.8 Å². The highest BCUT2D eigenvalue weighted by atomic mass is 79.9. The number of rotatable bonds is 3. The Balaban J connectivity index is 2.60. The predicted octanol–water partition coefficient (Wildman–Crippen LogP) is 2.73. The first kappa shape index (κ1) is 12.3. The number of hydrogen-bond acceptors (Lipinski definition) is 3. The standard InChI is InChI=1S/C11H9BrClN3O/c1-7-6-9(12)15-16(7)11-8(4-5-17)2-3-10(13)14-11/h2-3,5-6H,4H2,1H3. The van der Waals surface area contributed by atoms with Crippen molar-refractivity contribution < 1.29 is 4.79 Å². The normalized spacial score (nSPS) is 10.5. The topological polar surface area (TPSA) is 47.8 Å². The van der Waals surface area contributed by atoms with Gasteiger partial charge in [-0.2, -0.15) is 5.10 Å². The van der Waals surface area contributed by atoms with Crippen molar-refractivity contribution in [1.29, 1.82) is 0 Å². The summed E-state index contributed by atoms with van der Waals surface area (Å²) in [6, 6.07) is 5.32. The Morgan fingerprint density at radius 3 is 2.88 bits per heavy atom. The van der Waals surface area contributed by atoms with E-state index in [4.69, 9.17) is 11.6 Å². The van der Waals surface area contributed by atoms with E-state index < -0.39 is 0 Å². The summed E-state index contributed by atoms with van der Waals surface area (Å²) >= 11 is 9.17. The Morgan fingerprint density at radius 2 is 2.29 bits per heavy atom. The molecule has 0 atom stereocenters. The van der Waals surface area contributed by atoms with Gasteiger partial charge in [0.1, 0.15) is 16.0 Å². The van der Waals surface area contributed by atoms with Gasteiger partial charge < -0.3 is 4.79 Å². The molecule has 0 aromatic carbocycles. The number of nitrogens with zero attached hydrogens (tertiary/aromatic N) is 3. The van der Waals surface area contributed by atoms with Crippen molar-refractivity contribution in [3.63, 3.8) is 0 Å². The second kappa shape index (κ2) is 4.98. The SMILES string of the molecule is Cc1cc(Br)nn1-c1nc(Cl)ccc1CC=O. The molecule has 17 heavy (non-hydrogen) atoms. The maximum atomic E-state index is 10.6. The summed E-state index contributed by atoms with van der Waals surface area (Å²) in [4.78, 5) is 14.9. The van der Waals surface area contributed by atoms with Crippen LogP contribution in [0.5, 0.6) is 0 Å². The van der Waals surface area contributed by atoms with E-state index in [9.17, 15) is 4.79 Å². The van der Waals surface area contributed by atoms with Crippen LogP contribution in [0.4, 0.5) is 0 Å². The van der Waals surface area contributed by atoms with Gasteiger partial charge in [-0.25, -0.2) is 9.67 Å². The van der Waals surface area contributed by atoms with Gasteiger partial charge in [-0.3, -0.25) is 0 Å². The van der Waals surface area contributed by atoms with E-state index in [1.807, 2.05) is 13.0 Å². The lowest BCUT2D eigenvalue weighted by atomic mass is 10.2. The highest BCUT2D eigenvalue weighted by molar-refractivity contribution is 9.10. The summed E-state index contributed by atoms with van der Waals surface area (Å²) < 4.78 is 2.38. The van der Waals surface area contributed by atoms with E-state index in [-0.39, 0.29) is 6.42 Å². The van der Waals surface area contributed by atoms with Crippen molar-refractivity contribution >= 4 is 33.8 Å². The van der Waals surface area contributed by atoms with Gasteiger partial charge in [0.05, 0.1) is 0 Å². The molecule has 2 rings (SSSR count). The maximum Gasteiger partial charge on any atom is 0.159 e. The largest absolute Gasteiger partial charge is 0.303 e. The van der Waals surface area contributed by atoms with Crippen molar-refractivity contribution in [2.24, 2.45) is 0 Å². The number of hydrogen-bond donors (Lipinski definition) is 0. The van der Waals surface area contributed by atoms with Crippen LogP contribution in [0.15, 0.2) is 22.8 Å². The molecule has 0 spiro atoms. The summed E-state index contributed by atoms with van der Waals surface area (Å²) in [5.74, 6) is 0.591. The number of halogens is 2. The fraction of sp³-hybridized carbons (Fsp3) is 0.182. The van der Waals surface area contributed by atoms with Gasteiger partial charge in [0, 0.05) is 17.7 Å². The van der Waals surface area contributed by atoms with E-state index in [0.29, 0.717) is 15.6 Å². The highest BCUT2D eigenvalue weighted by Gasteiger charge is 2.11. The highest BCUT2D eigenvalue weighted by Crippen LogP contribution is 2.19. The lowest BCUT2D eigenvalue weighted by Gasteiger charge is -2.08. The smallest absolute Gasteiger partial charge is 0.159 e. The zero-order valence-corrected chi connectivity index (χ0v) is 11.4. The third-order valence-corrected chi connectivity index (χ3v) is 2.88. The molecule has 0 N–H and O–H groups in total. The number of carbonyl (C=O) groups excluding carboxylic acids is 1. The molecule has 0 radical (unpaired) electrons. The Labute approximate surface area is 112 Å². The van der Waals surface area contributed by atoms with Gasteiger partial charge >= 0.3 is 0 Å². The molecule has 88 valence electrons. The monoisotopic (exact) mass is 313 g/mol. The minimum atomic E-state index is 0.288. The molecule has 0 bridgehead atoms. The third kappa shape index (κ3) is 2.56. The predicted molar refractivity (Wildman–Crippen MR) is 68.6 cm³/mol. The fourth-order valence-electron chi connectivity index (χ4n) is 1.54. The molecule has 0 aliphatic rings. The summed E-state index contributed by atoms with van der Waals surface area (Å²) in [7, 11) is 0. The van der Waals surface area contributed by atoms with Crippen LogP contribution in [-0.4, -0.2) is 21.1 Å². The number of aldehydes is 1. The third-order valence-electron chi connectivity index (χ3n) is 2.28. The van der Waals surface area contributed by atoms with Crippen LogP contribution in [0.1, 0.15) is 11.3 Å². The van der Waals surface area contributed by atoms with Gasteiger partial charge in [0.25, 0.3) is 0 Å². The molecule has 0 aliphatic carbocycles. The summed E-state index contributed by atoms with van der Waals surface area (Å²) in [6.45, 7) is 1.91. The van der Waals surface area contributed by atoms with Crippen LogP contribution in [-0.2, 0) is 11.2 Å². The van der Waals surface area contributed by atoms with Crippen LogP contribution < -0.4 is 0 Å². The van der Waals surface area contributed by atoms with Crippen molar-refractivity contribution in [2.75, 3.05) is 0 Å². The van der Waals surface area contributed by atoms with Crippen molar-refractivity contribution in [3.8, 4) is 5.82 Å². The fourth-order valence-corrected chi connectivity index (χ4v) is 2.17. The Morgan fingerprint density at radius 1 is 1.53 bits per heavy atom. The quantitative estimate of drug-likeness (QED) is 0.646. The molecule has 0 amide bonds. The summed E-state index contributed by atoms with van der Waals surface area (Å²) in [6.07, 6.45) is 1.12. The van der Waals surface area contributed by atoms with E-state index in [0.717, 1.165) is 17.5 Å². The van der Waals surface area contributed by atoms with Gasteiger partial charge in [-0.1, -0.05) is 17.7 Å². The minimum Gasteiger partial charge on any atom is -0.303 e. The van der Waals surface area contributed by atoms with Gasteiger partial charge in [0.15, 0.2) is 5.82 Å². The van der Waals surface area contributed by atoms with Crippen LogP contribution in [0, 0.1) is 6.92 Å². The average molecular weight is 315 g/mol. The minimum absolute atomic E-state index is 0.288. The van der Waals surface area contributed by atoms with Gasteiger partial charge in [-0.05, 0) is 35.0 Å². The van der Waals surface area contributed by atoms with Crippen LogP contribution in [0.3, 0.4) is 0 Å². The molecule has 2 heterocycles. The van der Waals surface area contributed by atoms with E-state index in [1.165, 1.54) is 0 Å². The van der Waals surface area contributed by atoms with E-state index in [1.54, 1.807) is 16.8 Å². The number of pyridine rings is 1. The van der Waals surface area contributed by atoms with E-state index >= 15 is 0 Å². The molecule has 0 unspecified atom stereocenters. The second-order valence-electron chi connectivity index (χ2n) is 3.51. The molecule has 0 saturated heterocycles. The molecule has 6 heteroatoms. The lowest BCUT2D eigenvalue weighted by Crippen LogP contribution is -2.06. The molecule has 0 fully saturated rings. The molecule has 2 aromatic heterocycles. The van der Waals surface area contributed by atoms with Gasteiger partial charge in [0.2, 0.25) is 0 Å². The number of aryl methyl sites for hydroxylation is 1. The molecular weight excluding hydrogens is 305 g/mol. The molecule has 0 saturated carbocycles. The Hall–Kier alpha value is -1.20. The van der Waals surface area contributed by atoms with Gasteiger partial charge in [-0.15, -0.1) is 0 Å². The molecule has 2 aromatic rings. The molecular formula is C11H9BrClN3O. The number of aromatic nitrogens is 3. The van der Waals surface area contributed by atoms with Crippen molar-refractivity contribution in [2.45, 2.75) is 13.3 Å². The van der Waals surface area contributed by atoms with Crippen molar-refractivity contribution in [3.05, 3.63) is 39.2 Å². The zero-order valence-electron chi connectivity index (χ0n) is 9.02. The molecule has 4 nitrogen and oxygen atoms in total. The van der Waals surface area contributed by atoms with E-state index in [2.05, 4.69) is 26.0 Å². The molecule has 0 aliphatic heterocycles. The Kier molecular flexibility index (Phi) is 3.59. The van der Waals surface area contributed by atoms with Crippen LogP contribution >= 0.6 is 27.5 Å². The Bertz CT molecular complexity index is 568. The zero-order chi connectivity index (χ0) is 12.4. The second-order valence-corrected chi connectivity index (χ2v) is 4.71. The maximum absolute atomic E-state index is 10.6. The summed E-state index contributed by atoms with van der Waals surface area (Å²) in [5.41, 5.74) is 1.71. The summed E-state index contributed by atoms with van der Waals surface area (Å²) in [5, 5.41) is 4.64. The lowest BCUT2D eigenvalue weighted by molar-refractivity contribution is -0.107. The van der Waals surface area contributed by atoms with Crippen LogP contribution in [0.25, 0.3) is 5.82 Å². The average Bonchev–Trinajstić information content (AvgIpc) is 2.61.